The summed E-state index contributed by atoms with van der Waals surface area (Å²) < 4.78 is 31.0. The van der Waals surface area contributed by atoms with Crippen LogP contribution in [0.1, 0.15) is 5.69 Å². The van der Waals surface area contributed by atoms with Crippen LogP contribution in [-0.4, -0.2) is 26.5 Å². The summed E-state index contributed by atoms with van der Waals surface area (Å²) in [6, 6.07) is 7.99. The van der Waals surface area contributed by atoms with E-state index in [2.05, 4.69) is 14.4 Å². The van der Waals surface area contributed by atoms with Crippen molar-refractivity contribution in [3.05, 3.63) is 41.4 Å². The number of carbonyl (C=O) groups excluding carboxylic acids is 1. The molecule has 2 rings (SSSR count). The molecule has 1 N–H and O–H groups in total. The van der Waals surface area contributed by atoms with Crippen LogP contribution >= 0.6 is 11.3 Å². The molecule has 106 valence electrons. The molecule has 0 unspecified atom stereocenters. The van der Waals surface area contributed by atoms with Gasteiger partial charge in [-0.1, -0.05) is 18.2 Å². The first kappa shape index (κ1) is 14.5. The van der Waals surface area contributed by atoms with E-state index in [1.165, 1.54) is 19.2 Å². The van der Waals surface area contributed by atoms with Gasteiger partial charge < -0.3 is 4.74 Å². The fourth-order valence-electron chi connectivity index (χ4n) is 1.43. The van der Waals surface area contributed by atoms with Crippen LogP contribution < -0.4 is 4.72 Å². The van der Waals surface area contributed by atoms with Crippen LogP contribution in [0.4, 0.5) is 5.13 Å². The maximum Gasteiger partial charge on any atom is 0.311 e. The number of benzene rings is 1. The van der Waals surface area contributed by atoms with Crippen molar-refractivity contribution in [2.45, 2.75) is 11.3 Å². The molecule has 0 aliphatic carbocycles. The number of hydrogen-bond acceptors (Lipinski definition) is 6. The highest BCUT2D eigenvalue weighted by Gasteiger charge is 2.16. The number of thiazole rings is 1. The van der Waals surface area contributed by atoms with Gasteiger partial charge in [0.15, 0.2) is 5.13 Å². The van der Waals surface area contributed by atoms with Gasteiger partial charge in [-0.05, 0) is 12.1 Å². The average molecular weight is 312 g/mol. The molecule has 0 saturated carbocycles. The fourth-order valence-corrected chi connectivity index (χ4v) is 3.41. The Balaban J connectivity index is 2.13. The predicted molar refractivity (Wildman–Crippen MR) is 75.1 cm³/mol. The van der Waals surface area contributed by atoms with Crippen LogP contribution in [-0.2, 0) is 26.0 Å². The van der Waals surface area contributed by atoms with E-state index in [9.17, 15) is 13.2 Å². The molecule has 1 aromatic heterocycles. The number of nitrogens with one attached hydrogen (secondary N) is 1. The van der Waals surface area contributed by atoms with E-state index >= 15 is 0 Å². The molecular formula is C12H12N2O4S2. The summed E-state index contributed by atoms with van der Waals surface area (Å²) in [6.07, 6.45) is 0.0140. The first-order chi connectivity index (χ1) is 9.51. The molecule has 6 nitrogen and oxygen atoms in total. The minimum atomic E-state index is -3.65. The van der Waals surface area contributed by atoms with Crippen LogP contribution in [0.25, 0.3) is 0 Å². The van der Waals surface area contributed by atoms with Crippen LogP contribution in [0, 0.1) is 0 Å². The minimum Gasteiger partial charge on any atom is -0.469 e. The summed E-state index contributed by atoms with van der Waals surface area (Å²) >= 11 is 1.11. The maximum absolute atomic E-state index is 12.1. The lowest BCUT2D eigenvalue weighted by atomic mass is 10.3. The third-order valence-corrected chi connectivity index (χ3v) is 4.67. The molecule has 0 radical (unpaired) electrons. The van der Waals surface area contributed by atoms with Gasteiger partial charge in [-0.15, -0.1) is 11.3 Å². The van der Waals surface area contributed by atoms with E-state index in [1.807, 2.05) is 0 Å². The molecule has 2 aromatic rings. The summed E-state index contributed by atoms with van der Waals surface area (Å²) in [5.41, 5.74) is 0.465. The van der Waals surface area contributed by atoms with Crippen LogP contribution in [0.2, 0.25) is 0 Å². The number of hydrogen-bond donors (Lipinski definition) is 1. The van der Waals surface area contributed by atoms with Crippen LogP contribution in [0.15, 0.2) is 40.6 Å². The van der Waals surface area contributed by atoms with Crippen molar-refractivity contribution in [2.24, 2.45) is 0 Å². The Labute approximate surface area is 120 Å². The Morgan fingerprint density at radius 3 is 2.70 bits per heavy atom. The predicted octanol–water partition coefficient (Wildman–Crippen LogP) is 1.66. The molecule has 0 saturated heterocycles. The van der Waals surface area contributed by atoms with E-state index in [0.717, 1.165) is 11.3 Å². The van der Waals surface area contributed by atoms with E-state index in [1.54, 1.807) is 23.6 Å². The number of esters is 1. The van der Waals surface area contributed by atoms with Crippen molar-refractivity contribution in [1.82, 2.24) is 4.98 Å². The van der Waals surface area contributed by atoms with Gasteiger partial charge in [-0.25, -0.2) is 13.4 Å². The number of carbonyl (C=O) groups is 1. The SMILES string of the molecule is COC(=O)Cc1csc(NS(=O)(=O)c2ccccc2)n1. The van der Waals surface area contributed by atoms with Crippen molar-refractivity contribution in [3.63, 3.8) is 0 Å². The Kier molecular flexibility index (Phi) is 4.35. The molecule has 0 aliphatic rings. The van der Waals surface area contributed by atoms with Gasteiger partial charge >= 0.3 is 5.97 Å². The molecule has 1 heterocycles. The van der Waals surface area contributed by atoms with Gasteiger partial charge in [0.2, 0.25) is 0 Å². The van der Waals surface area contributed by atoms with Gasteiger partial charge in [0.25, 0.3) is 10.0 Å². The summed E-state index contributed by atoms with van der Waals surface area (Å²) in [5.74, 6) is -0.423. The third kappa shape index (κ3) is 3.55. The largest absolute Gasteiger partial charge is 0.469 e. The molecule has 0 bridgehead atoms. The molecule has 1 aromatic carbocycles. The monoisotopic (exact) mass is 312 g/mol. The third-order valence-electron chi connectivity index (χ3n) is 2.38. The molecule has 8 heteroatoms. The fraction of sp³-hybridized carbons (Fsp3) is 0.167. The molecule has 20 heavy (non-hydrogen) atoms. The van der Waals surface area contributed by atoms with Gasteiger partial charge in [0, 0.05) is 5.38 Å². The quantitative estimate of drug-likeness (QED) is 0.849. The molecular weight excluding hydrogens is 300 g/mol. The lowest BCUT2D eigenvalue weighted by molar-refractivity contribution is -0.139. The minimum absolute atomic E-state index is 0.0140. The van der Waals surface area contributed by atoms with E-state index in [0.29, 0.717) is 5.69 Å². The van der Waals surface area contributed by atoms with E-state index < -0.39 is 16.0 Å². The number of aromatic nitrogens is 1. The second kappa shape index (κ2) is 6.02. The molecule has 0 aliphatic heterocycles. The van der Waals surface area contributed by atoms with Crippen molar-refractivity contribution in [1.29, 1.82) is 0 Å². The standard InChI is InChI=1S/C12H12N2O4S2/c1-18-11(15)7-9-8-19-12(13-9)14-20(16,17)10-5-3-2-4-6-10/h2-6,8H,7H2,1H3,(H,13,14). The molecule has 0 fully saturated rings. The zero-order chi connectivity index (χ0) is 14.6. The average Bonchev–Trinajstić information content (AvgIpc) is 2.86. The van der Waals surface area contributed by atoms with Gasteiger partial charge in [-0.3, -0.25) is 9.52 Å². The Hall–Kier alpha value is -1.93. The summed E-state index contributed by atoms with van der Waals surface area (Å²) in [7, 11) is -2.37. The number of sulfonamides is 1. The number of nitrogens with zero attached hydrogens (tertiary/aromatic N) is 1. The number of ether oxygens (including phenoxy) is 1. The van der Waals surface area contributed by atoms with Gasteiger partial charge in [0.05, 0.1) is 24.1 Å². The van der Waals surface area contributed by atoms with Crippen molar-refractivity contribution in [2.75, 3.05) is 11.8 Å². The van der Waals surface area contributed by atoms with Gasteiger partial charge in [0.1, 0.15) is 0 Å². The van der Waals surface area contributed by atoms with Gasteiger partial charge in [-0.2, -0.15) is 0 Å². The second-order valence-corrected chi connectivity index (χ2v) is 6.36. The Morgan fingerprint density at radius 2 is 2.05 bits per heavy atom. The van der Waals surface area contributed by atoms with Crippen molar-refractivity contribution in [3.8, 4) is 0 Å². The van der Waals surface area contributed by atoms with E-state index in [4.69, 9.17) is 0 Å². The summed E-state index contributed by atoms with van der Waals surface area (Å²) in [5, 5.41) is 1.83. The number of anilines is 1. The first-order valence-electron chi connectivity index (χ1n) is 5.60. The Bertz CT molecular complexity index is 695. The lowest BCUT2D eigenvalue weighted by Gasteiger charge is -2.04. The topological polar surface area (TPSA) is 85.4 Å². The smallest absolute Gasteiger partial charge is 0.311 e. The molecule has 0 atom stereocenters. The first-order valence-corrected chi connectivity index (χ1v) is 7.96. The summed E-state index contributed by atoms with van der Waals surface area (Å²) in [6.45, 7) is 0. The molecule has 0 amide bonds. The van der Waals surface area contributed by atoms with Crippen LogP contribution in [0.5, 0.6) is 0 Å². The van der Waals surface area contributed by atoms with Crippen LogP contribution in [0.3, 0.4) is 0 Å². The Morgan fingerprint density at radius 1 is 1.35 bits per heavy atom. The summed E-state index contributed by atoms with van der Waals surface area (Å²) in [4.78, 5) is 15.3. The maximum atomic E-state index is 12.1. The highest BCUT2D eigenvalue weighted by Crippen LogP contribution is 2.20. The lowest BCUT2D eigenvalue weighted by Crippen LogP contribution is -2.12. The normalized spacial score (nSPS) is 11.1. The zero-order valence-corrected chi connectivity index (χ0v) is 12.2. The molecule has 0 spiro atoms. The number of methoxy groups -OCH3 is 1. The second-order valence-electron chi connectivity index (χ2n) is 3.82. The van der Waals surface area contributed by atoms with Crippen molar-refractivity contribution < 1.29 is 17.9 Å². The zero-order valence-electron chi connectivity index (χ0n) is 10.6. The highest BCUT2D eigenvalue weighted by molar-refractivity contribution is 7.93. The highest BCUT2D eigenvalue weighted by atomic mass is 32.2. The number of rotatable bonds is 5. The van der Waals surface area contributed by atoms with E-state index in [-0.39, 0.29) is 16.4 Å². The van der Waals surface area contributed by atoms with Crippen molar-refractivity contribution >= 4 is 32.5 Å².